The fourth-order valence-electron chi connectivity index (χ4n) is 3.56. The molecule has 0 saturated heterocycles. The standard InChI is InChI=1S/C23H29N3O2/c1-15(2)21(23(28)25-16(3)17-9-5-4-6-10-17)26-22(27)20-13-18-11-7-8-12-19(18)14-24-20/h4-12,15-16,20-21,24H,13-14H2,1-3H3,(H,25,28)(H,26,27)/t16-,20+,21+/m1/s1. The molecule has 1 heterocycles. The summed E-state index contributed by atoms with van der Waals surface area (Å²) in [5.74, 6) is -0.297. The van der Waals surface area contributed by atoms with Gasteiger partial charge in [0.1, 0.15) is 6.04 Å². The van der Waals surface area contributed by atoms with Gasteiger partial charge in [-0.1, -0.05) is 68.4 Å². The van der Waals surface area contributed by atoms with Crippen molar-refractivity contribution in [2.45, 2.75) is 51.9 Å². The summed E-state index contributed by atoms with van der Waals surface area (Å²) in [4.78, 5) is 25.7. The molecule has 0 spiro atoms. The summed E-state index contributed by atoms with van der Waals surface area (Å²) in [5.41, 5.74) is 3.45. The zero-order chi connectivity index (χ0) is 20.1. The van der Waals surface area contributed by atoms with Crippen molar-refractivity contribution in [3.63, 3.8) is 0 Å². The van der Waals surface area contributed by atoms with Crippen molar-refractivity contribution >= 4 is 11.8 Å². The molecular weight excluding hydrogens is 350 g/mol. The maximum Gasteiger partial charge on any atom is 0.243 e. The molecule has 2 aromatic carbocycles. The topological polar surface area (TPSA) is 70.2 Å². The largest absolute Gasteiger partial charge is 0.348 e. The molecule has 3 rings (SSSR count). The van der Waals surface area contributed by atoms with Gasteiger partial charge in [-0.3, -0.25) is 9.59 Å². The lowest BCUT2D eigenvalue weighted by atomic mass is 9.94. The Kier molecular flexibility index (Phi) is 6.47. The molecule has 0 aliphatic carbocycles. The van der Waals surface area contributed by atoms with E-state index in [1.807, 2.05) is 63.2 Å². The smallest absolute Gasteiger partial charge is 0.243 e. The molecule has 148 valence electrons. The highest BCUT2D eigenvalue weighted by Gasteiger charge is 2.30. The first-order valence-electron chi connectivity index (χ1n) is 9.91. The molecule has 0 fully saturated rings. The van der Waals surface area contributed by atoms with Crippen LogP contribution in [-0.4, -0.2) is 23.9 Å². The first kappa shape index (κ1) is 20.1. The molecule has 3 N–H and O–H groups in total. The van der Waals surface area contributed by atoms with E-state index in [0.717, 1.165) is 5.56 Å². The molecule has 0 radical (unpaired) electrons. The molecule has 3 atom stereocenters. The molecule has 0 bridgehead atoms. The number of amides is 2. The van der Waals surface area contributed by atoms with Crippen LogP contribution in [-0.2, 0) is 22.6 Å². The van der Waals surface area contributed by atoms with E-state index < -0.39 is 6.04 Å². The van der Waals surface area contributed by atoms with Gasteiger partial charge in [0.15, 0.2) is 0 Å². The summed E-state index contributed by atoms with van der Waals surface area (Å²) < 4.78 is 0. The highest BCUT2D eigenvalue weighted by atomic mass is 16.2. The number of hydrogen-bond donors (Lipinski definition) is 3. The number of carbonyl (C=O) groups excluding carboxylic acids is 2. The van der Waals surface area contributed by atoms with E-state index in [9.17, 15) is 9.59 Å². The van der Waals surface area contributed by atoms with Crippen LogP contribution in [0, 0.1) is 5.92 Å². The second kappa shape index (κ2) is 9.02. The molecule has 5 nitrogen and oxygen atoms in total. The second-order valence-corrected chi connectivity index (χ2v) is 7.78. The van der Waals surface area contributed by atoms with Crippen molar-refractivity contribution in [1.82, 2.24) is 16.0 Å². The van der Waals surface area contributed by atoms with Crippen molar-refractivity contribution in [2.24, 2.45) is 5.92 Å². The number of fused-ring (bicyclic) bond motifs is 1. The Hall–Kier alpha value is -2.66. The molecular formula is C23H29N3O2. The van der Waals surface area contributed by atoms with Crippen molar-refractivity contribution in [3.8, 4) is 0 Å². The molecule has 2 amide bonds. The third-order valence-corrected chi connectivity index (χ3v) is 5.30. The van der Waals surface area contributed by atoms with E-state index in [1.54, 1.807) is 0 Å². The highest BCUT2D eigenvalue weighted by Crippen LogP contribution is 2.17. The molecule has 0 unspecified atom stereocenters. The summed E-state index contributed by atoms with van der Waals surface area (Å²) >= 11 is 0. The van der Waals surface area contributed by atoms with E-state index in [2.05, 4.69) is 28.1 Å². The predicted molar refractivity (Wildman–Crippen MR) is 111 cm³/mol. The minimum absolute atomic E-state index is 0.0113. The molecule has 0 saturated carbocycles. The van der Waals surface area contributed by atoms with Crippen LogP contribution in [0.1, 0.15) is 43.5 Å². The zero-order valence-corrected chi connectivity index (χ0v) is 16.7. The van der Waals surface area contributed by atoms with Crippen LogP contribution in [0.25, 0.3) is 0 Å². The summed E-state index contributed by atoms with van der Waals surface area (Å²) in [5, 5.41) is 9.27. The number of benzene rings is 2. The van der Waals surface area contributed by atoms with Gasteiger partial charge in [0.25, 0.3) is 0 Å². The van der Waals surface area contributed by atoms with E-state index in [0.29, 0.717) is 13.0 Å². The van der Waals surface area contributed by atoms with E-state index in [4.69, 9.17) is 0 Å². The first-order chi connectivity index (χ1) is 13.5. The number of rotatable bonds is 6. The van der Waals surface area contributed by atoms with Gasteiger partial charge >= 0.3 is 0 Å². The van der Waals surface area contributed by atoms with Crippen LogP contribution in [0.3, 0.4) is 0 Å². The zero-order valence-electron chi connectivity index (χ0n) is 16.7. The fourth-order valence-corrected chi connectivity index (χ4v) is 3.56. The van der Waals surface area contributed by atoms with E-state index in [1.165, 1.54) is 11.1 Å². The summed E-state index contributed by atoms with van der Waals surface area (Å²) in [6.07, 6.45) is 0.634. The van der Waals surface area contributed by atoms with Crippen molar-refractivity contribution < 1.29 is 9.59 Å². The van der Waals surface area contributed by atoms with E-state index in [-0.39, 0.29) is 29.8 Å². The Morgan fingerprint density at radius 2 is 1.57 bits per heavy atom. The Balaban J connectivity index is 1.62. The lowest BCUT2D eigenvalue weighted by Gasteiger charge is -2.29. The van der Waals surface area contributed by atoms with Gasteiger partial charge in [-0.15, -0.1) is 0 Å². The minimum atomic E-state index is -0.572. The van der Waals surface area contributed by atoms with Crippen LogP contribution in [0.5, 0.6) is 0 Å². The average molecular weight is 380 g/mol. The molecule has 2 aromatic rings. The molecule has 1 aliphatic heterocycles. The summed E-state index contributed by atoms with van der Waals surface area (Å²) in [6.45, 7) is 6.51. The normalized spacial score (nSPS) is 18.1. The van der Waals surface area contributed by atoms with Gasteiger partial charge in [-0.2, -0.15) is 0 Å². The fraction of sp³-hybridized carbons (Fsp3) is 0.391. The van der Waals surface area contributed by atoms with Crippen LogP contribution < -0.4 is 16.0 Å². The Labute approximate surface area is 166 Å². The van der Waals surface area contributed by atoms with Crippen LogP contribution in [0.4, 0.5) is 0 Å². The number of nitrogens with one attached hydrogen (secondary N) is 3. The number of carbonyl (C=O) groups is 2. The lowest BCUT2D eigenvalue weighted by molar-refractivity contribution is -0.131. The van der Waals surface area contributed by atoms with Gasteiger partial charge < -0.3 is 16.0 Å². The molecule has 28 heavy (non-hydrogen) atoms. The molecule has 5 heteroatoms. The maximum absolute atomic E-state index is 12.8. The van der Waals surface area contributed by atoms with Crippen LogP contribution >= 0.6 is 0 Å². The number of hydrogen-bond acceptors (Lipinski definition) is 3. The Bertz CT molecular complexity index is 820. The lowest BCUT2D eigenvalue weighted by Crippen LogP contribution is -2.56. The van der Waals surface area contributed by atoms with Crippen molar-refractivity contribution in [2.75, 3.05) is 0 Å². The quantitative estimate of drug-likeness (QED) is 0.723. The van der Waals surface area contributed by atoms with Gasteiger partial charge in [-0.25, -0.2) is 0 Å². The minimum Gasteiger partial charge on any atom is -0.348 e. The monoisotopic (exact) mass is 379 g/mol. The Morgan fingerprint density at radius 3 is 2.25 bits per heavy atom. The van der Waals surface area contributed by atoms with Gasteiger partial charge in [0.2, 0.25) is 11.8 Å². The highest BCUT2D eigenvalue weighted by molar-refractivity contribution is 5.90. The van der Waals surface area contributed by atoms with Gasteiger partial charge in [-0.05, 0) is 36.0 Å². The third-order valence-electron chi connectivity index (χ3n) is 5.30. The predicted octanol–water partition coefficient (Wildman–Crippen LogP) is 2.72. The first-order valence-corrected chi connectivity index (χ1v) is 9.91. The van der Waals surface area contributed by atoms with Gasteiger partial charge in [0.05, 0.1) is 12.1 Å². The average Bonchev–Trinajstić information content (AvgIpc) is 2.71. The second-order valence-electron chi connectivity index (χ2n) is 7.78. The summed E-state index contributed by atoms with van der Waals surface area (Å²) in [7, 11) is 0. The third kappa shape index (κ3) is 4.78. The SMILES string of the molecule is CC(C)[C@H](NC(=O)[C@@H]1Cc2ccccc2CN1)C(=O)N[C@H](C)c1ccccc1. The van der Waals surface area contributed by atoms with Gasteiger partial charge in [0, 0.05) is 6.54 Å². The van der Waals surface area contributed by atoms with Crippen LogP contribution in [0.2, 0.25) is 0 Å². The van der Waals surface area contributed by atoms with Crippen LogP contribution in [0.15, 0.2) is 54.6 Å². The maximum atomic E-state index is 12.8. The molecule has 0 aromatic heterocycles. The Morgan fingerprint density at radius 1 is 0.929 bits per heavy atom. The molecule has 1 aliphatic rings. The van der Waals surface area contributed by atoms with Crippen molar-refractivity contribution in [3.05, 3.63) is 71.3 Å². The summed E-state index contributed by atoms with van der Waals surface area (Å²) in [6, 6.07) is 16.9. The van der Waals surface area contributed by atoms with E-state index >= 15 is 0 Å². The van der Waals surface area contributed by atoms with Crippen molar-refractivity contribution in [1.29, 1.82) is 0 Å².